The second-order valence-electron chi connectivity index (χ2n) is 3.70. The van der Waals surface area contributed by atoms with Gasteiger partial charge in [0.25, 0.3) is 5.91 Å². The number of amides is 1. The van der Waals surface area contributed by atoms with Gasteiger partial charge in [0.15, 0.2) is 0 Å². The predicted molar refractivity (Wildman–Crippen MR) is 67.7 cm³/mol. The van der Waals surface area contributed by atoms with Crippen molar-refractivity contribution in [3.63, 3.8) is 0 Å². The third-order valence-electron chi connectivity index (χ3n) is 2.42. The summed E-state index contributed by atoms with van der Waals surface area (Å²) in [7, 11) is 0. The summed E-state index contributed by atoms with van der Waals surface area (Å²) in [6, 6.07) is 8.57. The molecule has 0 radical (unpaired) electrons. The van der Waals surface area contributed by atoms with Gasteiger partial charge in [0.05, 0.1) is 5.69 Å². The highest BCUT2D eigenvalue weighted by Crippen LogP contribution is 2.18. The molecule has 94 valence electrons. The largest absolute Gasteiger partial charge is 0.384 e. The summed E-state index contributed by atoms with van der Waals surface area (Å²) in [6.45, 7) is 0. The molecule has 0 saturated carbocycles. The van der Waals surface area contributed by atoms with E-state index in [-0.39, 0.29) is 22.6 Å². The van der Waals surface area contributed by atoms with E-state index in [4.69, 9.17) is 11.0 Å². The average Bonchev–Trinajstić information content (AvgIpc) is 2.39. The van der Waals surface area contributed by atoms with Gasteiger partial charge in [-0.05, 0) is 24.3 Å². The number of benzene rings is 1. The van der Waals surface area contributed by atoms with Gasteiger partial charge >= 0.3 is 0 Å². The number of anilines is 2. The minimum absolute atomic E-state index is 0.114. The fraction of sp³-hybridized carbons (Fsp3) is 0. The van der Waals surface area contributed by atoms with Crippen LogP contribution in [0.15, 0.2) is 36.5 Å². The molecule has 0 fully saturated rings. The van der Waals surface area contributed by atoms with E-state index < -0.39 is 11.7 Å². The van der Waals surface area contributed by atoms with E-state index in [1.165, 1.54) is 30.5 Å². The van der Waals surface area contributed by atoms with E-state index >= 15 is 0 Å². The number of rotatable bonds is 2. The van der Waals surface area contributed by atoms with Crippen LogP contribution in [0.2, 0.25) is 0 Å². The third-order valence-corrected chi connectivity index (χ3v) is 2.42. The molecule has 0 saturated heterocycles. The standard InChI is InChI=1S/C13H9FN4O/c14-10-2-1-3-11(9(10)7-15)18-13(19)8-4-5-17-12(16)6-8/h1-6H,(H2,16,17)(H,18,19). The van der Waals surface area contributed by atoms with Crippen LogP contribution in [0.25, 0.3) is 0 Å². The summed E-state index contributed by atoms with van der Waals surface area (Å²) in [6.07, 6.45) is 1.39. The Balaban J connectivity index is 2.30. The van der Waals surface area contributed by atoms with Crippen LogP contribution in [0.1, 0.15) is 15.9 Å². The minimum Gasteiger partial charge on any atom is -0.384 e. The number of hydrogen-bond acceptors (Lipinski definition) is 4. The van der Waals surface area contributed by atoms with E-state index in [1.54, 1.807) is 6.07 Å². The Labute approximate surface area is 108 Å². The van der Waals surface area contributed by atoms with Crippen LogP contribution in [0.4, 0.5) is 15.9 Å². The van der Waals surface area contributed by atoms with Crippen molar-refractivity contribution in [2.45, 2.75) is 0 Å². The van der Waals surface area contributed by atoms with Gasteiger partial charge in [0.2, 0.25) is 0 Å². The lowest BCUT2D eigenvalue weighted by Gasteiger charge is -2.07. The highest BCUT2D eigenvalue weighted by Gasteiger charge is 2.12. The highest BCUT2D eigenvalue weighted by molar-refractivity contribution is 6.05. The maximum Gasteiger partial charge on any atom is 0.255 e. The molecule has 6 heteroatoms. The van der Waals surface area contributed by atoms with Crippen molar-refractivity contribution in [2.75, 3.05) is 11.1 Å². The van der Waals surface area contributed by atoms with E-state index in [0.717, 1.165) is 6.07 Å². The Morgan fingerprint density at radius 2 is 2.21 bits per heavy atom. The Morgan fingerprint density at radius 3 is 2.89 bits per heavy atom. The number of carbonyl (C=O) groups is 1. The minimum atomic E-state index is -0.686. The number of carbonyl (C=O) groups excluding carboxylic acids is 1. The first-order valence-corrected chi connectivity index (χ1v) is 5.33. The molecule has 19 heavy (non-hydrogen) atoms. The van der Waals surface area contributed by atoms with Gasteiger partial charge in [-0.2, -0.15) is 5.26 Å². The van der Waals surface area contributed by atoms with Crippen LogP contribution < -0.4 is 11.1 Å². The van der Waals surface area contributed by atoms with Gasteiger partial charge in [0.1, 0.15) is 23.3 Å². The molecule has 3 N–H and O–H groups in total. The lowest BCUT2D eigenvalue weighted by Crippen LogP contribution is -2.13. The average molecular weight is 256 g/mol. The fourth-order valence-corrected chi connectivity index (χ4v) is 1.53. The van der Waals surface area contributed by atoms with Crippen molar-refractivity contribution < 1.29 is 9.18 Å². The van der Waals surface area contributed by atoms with Gasteiger partial charge in [-0.15, -0.1) is 0 Å². The zero-order valence-corrected chi connectivity index (χ0v) is 9.72. The lowest BCUT2D eigenvalue weighted by atomic mass is 10.1. The normalized spacial score (nSPS) is 9.68. The number of nitrogen functional groups attached to an aromatic ring is 1. The molecule has 1 aromatic carbocycles. The summed E-state index contributed by atoms with van der Waals surface area (Å²) >= 11 is 0. The molecule has 2 aromatic rings. The number of nitrogens with zero attached hydrogens (tertiary/aromatic N) is 2. The van der Waals surface area contributed by atoms with E-state index in [0.29, 0.717) is 0 Å². The first-order valence-electron chi connectivity index (χ1n) is 5.33. The second kappa shape index (κ2) is 5.14. The van der Waals surface area contributed by atoms with Gasteiger partial charge < -0.3 is 11.1 Å². The molecule has 2 rings (SSSR count). The predicted octanol–water partition coefficient (Wildman–Crippen LogP) is 1.93. The fourth-order valence-electron chi connectivity index (χ4n) is 1.53. The second-order valence-corrected chi connectivity index (χ2v) is 3.70. The smallest absolute Gasteiger partial charge is 0.255 e. The molecule has 0 spiro atoms. The summed E-state index contributed by atoms with van der Waals surface area (Å²) in [4.78, 5) is 15.7. The molecular weight excluding hydrogens is 247 g/mol. The van der Waals surface area contributed by atoms with Gasteiger partial charge in [0, 0.05) is 11.8 Å². The monoisotopic (exact) mass is 256 g/mol. The van der Waals surface area contributed by atoms with Gasteiger partial charge in [-0.3, -0.25) is 4.79 Å². The Bertz CT molecular complexity index is 679. The molecule has 0 unspecified atom stereocenters. The summed E-state index contributed by atoms with van der Waals surface area (Å²) in [5.74, 6) is -0.974. The molecular formula is C13H9FN4O. The zero-order valence-electron chi connectivity index (χ0n) is 9.72. The number of nitrogens with two attached hydrogens (primary N) is 1. The number of aromatic nitrogens is 1. The molecule has 0 aliphatic rings. The van der Waals surface area contributed by atoms with Crippen LogP contribution in [0, 0.1) is 17.1 Å². The SMILES string of the molecule is N#Cc1c(F)cccc1NC(=O)c1ccnc(N)c1. The maximum atomic E-state index is 13.4. The highest BCUT2D eigenvalue weighted by atomic mass is 19.1. The number of nitriles is 1. The van der Waals surface area contributed by atoms with Crippen molar-refractivity contribution >= 4 is 17.4 Å². The lowest BCUT2D eigenvalue weighted by molar-refractivity contribution is 0.102. The van der Waals surface area contributed by atoms with Crippen LogP contribution in [-0.4, -0.2) is 10.9 Å². The van der Waals surface area contributed by atoms with Crippen LogP contribution in [0.3, 0.4) is 0 Å². The van der Waals surface area contributed by atoms with Crippen LogP contribution in [0.5, 0.6) is 0 Å². The van der Waals surface area contributed by atoms with E-state index in [2.05, 4.69) is 10.3 Å². The first-order chi connectivity index (χ1) is 9.11. The molecule has 1 aromatic heterocycles. The molecule has 5 nitrogen and oxygen atoms in total. The van der Waals surface area contributed by atoms with Crippen molar-refractivity contribution in [3.8, 4) is 6.07 Å². The van der Waals surface area contributed by atoms with Crippen molar-refractivity contribution in [1.29, 1.82) is 5.26 Å². The number of nitrogens with one attached hydrogen (secondary N) is 1. The number of halogens is 1. The quantitative estimate of drug-likeness (QED) is 0.858. The molecule has 0 aliphatic carbocycles. The molecule has 1 amide bonds. The summed E-state index contributed by atoms with van der Waals surface area (Å²) in [5, 5.41) is 11.3. The molecule has 1 heterocycles. The Hall–Kier alpha value is -2.94. The third kappa shape index (κ3) is 2.66. The zero-order chi connectivity index (χ0) is 13.8. The summed E-state index contributed by atoms with van der Waals surface area (Å²) < 4.78 is 13.4. The van der Waals surface area contributed by atoms with Crippen LogP contribution >= 0.6 is 0 Å². The molecule has 0 aliphatic heterocycles. The van der Waals surface area contributed by atoms with Gasteiger partial charge in [-0.25, -0.2) is 9.37 Å². The van der Waals surface area contributed by atoms with Crippen molar-refractivity contribution in [2.24, 2.45) is 0 Å². The summed E-state index contributed by atoms with van der Waals surface area (Å²) in [5.41, 5.74) is 5.65. The van der Waals surface area contributed by atoms with Gasteiger partial charge in [-0.1, -0.05) is 6.07 Å². The van der Waals surface area contributed by atoms with Crippen molar-refractivity contribution in [3.05, 3.63) is 53.5 Å². The Morgan fingerprint density at radius 1 is 1.42 bits per heavy atom. The van der Waals surface area contributed by atoms with E-state index in [9.17, 15) is 9.18 Å². The van der Waals surface area contributed by atoms with E-state index in [1.807, 2.05) is 0 Å². The number of pyridine rings is 1. The van der Waals surface area contributed by atoms with Crippen LogP contribution in [-0.2, 0) is 0 Å². The molecule has 0 atom stereocenters. The first kappa shape index (κ1) is 12.5. The maximum absolute atomic E-state index is 13.4. The topological polar surface area (TPSA) is 91.8 Å². The molecule has 0 bridgehead atoms. The number of hydrogen-bond donors (Lipinski definition) is 2. The van der Waals surface area contributed by atoms with Crippen molar-refractivity contribution in [1.82, 2.24) is 4.98 Å². The Kier molecular flexibility index (Phi) is 3.39.